The van der Waals surface area contributed by atoms with E-state index in [1.807, 2.05) is 11.4 Å². The molecule has 16 heavy (non-hydrogen) atoms. The number of nitrogens with two attached hydrogens (primary N) is 1. The van der Waals surface area contributed by atoms with E-state index >= 15 is 0 Å². The first-order valence-corrected chi connectivity index (χ1v) is 7.14. The van der Waals surface area contributed by atoms with Gasteiger partial charge in [0.25, 0.3) is 0 Å². The lowest BCUT2D eigenvalue weighted by Gasteiger charge is -2.19. The molecule has 0 bridgehead atoms. The first-order chi connectivity index (χ1) is 7.71. The monoisotopic (exact) mass is 260 g/mol. The van der Waals surface area contributed by atoms with Gasteiger partial charge in [-0.25, -0.2) is 0 Å². The molecule has 1 atom stereocenters. The zero-order valence-electron chi connectivity index (χ0n) is 10.0. The molecule has 0 spiro atoms. The van der Waals surface area contributed by atoms with Gasteiger partial charge in [0.15, 0.2) is 0 Å². The Morgan fingerprint density at radius 2 is 2.12 bits per heavy atom. The molecule has 3 N–H and O–H groups in total. The minimum absolute atomic E-state index is 0.248. The summed E-state index contributed by atoms with van der Waals surface area (Å²) in [6.07, 6.45) is 2.43. The summed E-state index contributed by atoms with van der Waals surface area (Å²) in [4.78, 5) is 1.23. The van der Waals surface area contributed by atoms with Crippen LogP contribution in [0.1, 0.15) is 37.6 Å². The Hall–Kier alpha value is -0.0900. The summed E-state index contributed by atoms with van der Waals surface area (Å²) in [5.41, 5.74) is 5.78. The summed E-state index contributed by atoms with van der Waals surface area (Å²) >= 11 is 7.60. The van der Waals surface area contributed by atoms with Gasteiger partial charge in [0.2, 0.25) is 0 Å². The van der Waals surface area contributed by atoms with Crippen molar-refractivity contribution in [3.05, 3.63) is 21.3 Å². The molecular formula is C12H21ClN2S. The molecule has 0 aliphatic rings. The SMILES string of the molecule is CCC(CC)CNC(CN)c1cc(Cl)cs1. The van der Waals surface area contributed by atoms with E-state index in [4.69, 9.17) is 17.3 Å². The van der Waals surface area contributed by atoms with Crippen molar-refractivity contribution in [2.24, 2.45) is 11.7 Å². The second kappa shape index (κ2) is 7.28. The molecule has 1 rings (SSSR count). The highest BCUT2D eigenvalue weighted by atomic mass is 35.5. The van der Waals surface area contributed by atoms with Crippen molar-refractivity contribution >= 4 is 22.9 Å². The number of hydrogen-bond acceptors (Lipinski definition) is 3. The van der Waals surface area contributed by atoms with Gasteiger partial charge in [-0.05, 0) is 18.5 Å². The third-order valence-corrected chi connectivity index (χ3v) is 4.37. The Morgan fingerprint density at radius 1 is 1.44 bits per heavy atom. The molecule has 2 nitrogen and oxygen atoms in total. The molecule has 0 saturated carbocycles. The van der Waals surface area contributed by atoms with Crippen molar-refractivity contribution in [2.45, 2.75) is 32.7 Å². The Morgan fingerprint density at radius 3 is 2.56 bits per heavy atom. The van der Waals surface area contributed by atoms with Crippen LogP contribution in [0.3, 0.4) is 0 Å². The molecule has 92 valence electrons. The zero-order chi connectivity index (χ0) is 12.0. The fourth-order valence-electron chi connectivity index (χ4n) is 1.70. The summed E-state index contributed by atoms with van der Waals surface area (Å²) in [6.45, 7) is 6.12. The van der Waals surface area contributed by atoms with Crippen LogP contribution in [0.25, 0.3) is 0 Å². The second-order valence-corrected chi connectivity index (χ2v) is 5.43. The molecule has 0 amide bonds. The summed E-state index contributed by atoms with van der Waals surface area (Å²) < 4.78 is 0. The largest absolute Gasteiger partial charge is 0.329 e. The Labute approximate surface area is 107 Å². The topological polar surface area (TPSA) is 38.0 Å². The van der Waals surface area contributed by atoms with Crippen LogP contribution in [0.15, 0.2) is 11.4 Å². The second-order valence-electron chi connectivity index (χ2n) is 4.05. The highest BCUT2D eigenvalue weighted by Gasteiger charge is 2.13. The van der Waals surface area contributed by atoms with Crippen LogP contribution in [-0.2, 0) is 0 Å². The van der Waals surface area contributed by atoms with Crippen molar-refractivity contribution in [3.63, 3.8) is 0 Å². The van der Waals surface area contributed by atoms with Gasteiger partial charge >= 0.3 is 0 Å². The lowest BCUT2D eigenvalue weighted by Crippen LogP contribution is -2.31. The lowest BCUT2D eigenvalue weighted by atomic mass is 10.0. The van der Waals surface area contributed by atoms with Crippen LogP contribution in [0.5, 0.6) is 0 Å². The normalized spacial score (nSPS) is 13.3. The fraction of sp³-hybridized carbons (Fsp3) is 0.667. The van der Waals surface area contributed by atoms with Gasteiger partial charge in [0.05, 0.1) is 11.1 Å². The maximum Gasteiger partial charge on any atom is 0.0539 e. The maximum atomic E-state index is 5.92. The number of halogens is 1. The van der Waals surface area contributed by atoms with Gasteiger partial charge < -0.3 is 11.1 Å². The van der Waals surface area contributed by atoms with Crippen LogP contribution < -0.4 is 11.1 Å². The van der Waals surface area contributed by atoms with Gasteiger partial charge in [-0.3, -0.25) is 0 Å². The van der Waals surface area contributed by atoms with Gasteiger partial charge in [-0.1, -0.05) is 38.3 Å². The molecular weight excluding hydrogens is 240 g/mol. The highest BCUT2D eigenvalue weighted by molar-refractivity contribution is 7.10. The van der Waals surface area contributed by atoms with E-state index in [1.54, 1.807) is 11.3 Å². The number of rotatable bonds is 7. The number of hydrogen-bond donors (Lipinski definition) is 2. The summed E-state index contributed by atoms with van der Waals surface area (Å²) in [5.74, 6) is 0.740. The Balaban J connectivity index is 2.49. The third-order valence-electron chi connectivity index (χ3n) is 2.97. The smallest absolute Gasteiger partial charge is 0.0539 e. The molecule has 4 heteroatoms. The fourth-order valence-corrected chi connectivity index (χ4v) is 2.87. The van der Waals surface area contributed by atoms with E-state index in [-0.39, 0.29) is 6.04 Å². The average molecular weight is 261 g/mol. The van der Waals surface area contributed by atoms with E-state index in [0.717, 1.165) is 17.5 Å². The molecule has 0 radical (unpaired) electrons. The van der Waals surface area contributed by atoms with Gasteiger partial charge in [0.1, 0.15) is 0 Å². The lowest BCUT2D eigenvalue weighted by molar-refractivity contribution is 0.416. The minimum Gasteiger partial charge on any atom is -0.329 e. The Bertz CT molecular complexity index is 297. The van der Waals surface area contributed by atoms with Crippen LogP contribution in [0.4, 0.5) is 0 Å². The molecule has 1 aromatic heterocycles. The standard InChI is InChI=1S/C12H21ClN2S/c1-3-9(4-2)7-15-11(6-14)12-5-10(13)8-16-12/h5,8-9,11,15H,3-4,6-7,14H2,1-2H3. The van der Waals surface area contributed by atoms with Crippen molar-refractivity contribution in [1.82, 2.24) is 5.32 Å². The highest BCUT2D eigenvalue weighted by Crippen LogP contribution is 2.25. The number of nitrogens with one attached hydrogen (secondary N) is 1. The summed E-state index contributed by atoms with van der Waals surface area (Å²) in [6, 6.07) is 2.25. The molecule has 1 heterocycles. The van der Waals surface area contributed by atoms with Crippen LogP contribution in [0.2, 0.25) is 5.02 Å². The number of thiophene rings is 1. The van der Waals surface area contributed by atoms with E-state index in [2.05, 4.69) is 19.2 Å². The predicted octanol–water partition coefficient (Wildman–Crippen LogP) is 3.43. The summed E-state index contributed by atoms with van der Waals surface area (Å²) in [5, 5.41) is 6.29. The summed E-state index contributed by atoms with van der Waals surface area (Å²) in [7, 11) is 0. The molecule has 0 saturated heterocycles. The van der Waals surface area contributed by atoms with E-state index in [1.165, 1.54) is 17.7 Å². The minimum atomic E-state index is 0.248. The average Bonchev–Trinajstić information content (AvgIpc) is 2.71. The van der Waals surface area contributed by atoms with Gasteiger partial charge in [-0.15, -0.1) is 11.3 Å². The molecule has 0 aliphatic carbocycles. The van der Waals surface area contributed by atoms with E-state index in [9.17, 15) is 0 Å². The van der Waals surface area contributed by atoms with Crippen LogP contribution >= 0.6 is 22.9 Å². The molecule has 0 aromatic carbocycles. The molecule has 0 fully saturated rings. The van der Waals surface area contributed by atoms with Gasteiger partial charge in [0, 0.05) is 16.8 Å². The van der Waals surface area contributed by atoms with Crippen LogP contribution in [0, 0.1) is 5.92 Å². The van der Waals surface area contributed by atoms with Gasteiger partial charge in [-0.2, -0.15) is 0 Å². The first-order valence-electron chi connectivity index (χ1n) is 5.88. The maximum absolute atomic E-state index is 5.92. The van der Waals surface area contributed by atoms with Crippen molar-refractivity contribution in [1.29, 1.82) is 0 Å². The van der Waals surface area contributed by atoms with Crippen molar-refractivity contribution in [2.75, 3.05) is 13.1 Å². The van der Waals surface area contributed by atoms with Crippen LogP contribution in [-0.4, -0.2) is 13.1 Å². The quantitative estimate of drug-likeness (QED) is 0.788. The first kappa shape index (κ1) is 14.0. The predicted molar refractivity (Wildman–Crippen MR) is 73.2 cm³/mol. The van der Waals surface area contributed by atoms with Crippen molar-refractivity contribution in [3.8, 4) is 0 Å². The van der Waals surface area contributed by atoms with E-state index < -0.39 is 0 Å². The van der Waals surface area contributed by atoms with E-state index in [0.29, 0.717) is 6.54 Å². The molecule has 0 aliphatic heterocycles. The molecule has 1 unspecified atom stereocenters. The molecule has 1 aromatic rings. The Kier molecular flexibility index (Phi) is 6.36. The zero-order valence-corrected chi connectivity index (χ0v) is 11.6. The van der Waals surface area contributed by atoms with Crippen molar-refractivity contribution < 1.29 is 0 Å². The third kappa shape index (κ3) is 4.06.